The van der Waals surface area contributed by atoms with Gasteiger partial charge in [0.2, 0.25) is 0 Å². The molecule has 0 aromatic rings. The number of aliphatic hydroxyl groups excluding tert-OH is 3. The fourth-order valence-corrected chi connectivity index (χ4v) is 1.29. The van der Waals surface area contributed by atoms with Crippen molar-refractivity contribution in [1.29, 1.82) is 0 Å². The van der Waals surface area contributed by atoms with Crippen LogP contribution in [0, 0.1) is 0 Å². The Morgan fingerprint density at radius 3 is 1.27 bits per heavy atom. The van der Waals surface area contributed by atoms with Crippen molar-refractivity contribution < 1.29 is 45.0 Å². The third-order valence-corrected chi connectivity index (χ3v) is 2.42. The van der Waals surface area contributed by atoms with Crippen LogP contribution in [0.4, 0.5) is 0 Å². The molecule has 6 N–H and O–H groups in total. The maximum Gasteiger partial charge on any atom is 0.303 e. The van der Waals surface area contributed by atoms with Crippen molar-refractivity contribution >= 4 is 17.9 Å². The highest BCUT2D eigenvalue weighted by atomic mass is 16.4. The molecule has 9 nitrogen and oxygen atoms in total. The average molecular weight is 384 g/mol. The number of aliphatic carboxylic acids is 3. The molecule has 0 aromatic heterocycles. The molecule has 0 aliphatic rings. The van der Waals surface area contributed by atoms with Gasteiger partial charge in [-0.25, -0.2) is 0 Å². The first-order valence-corrected chi connectivity index (χ1v) is 8.55. The number of rotatable bonds is 10. The standard InChI is InChI=1S/C10H20O2.C3H8O3.2C2H4O2/c1-2-3-4-5-6-7-8-9-10(11)12;4-1-3(6)2-5;2*1-2(3)4/h2-9H2,1H3,(H,11,12);3-6H,1-2H2;2*1H3,(H,3,4). The second kappa shape index (κ2) is 28.1. The SMILES string of the molecule is CC(=O)O.CC(=O)O.CCCCCCCCCC(=O)O.OCC(O)CO. The Kier molecular flexibility index (Phi) is 34.6. The summed E-state index contributed by atoms with van der Waals surface area (Å²) in [5, 5.41) is 47.2. The second-order valence-corrected chi connectivity index (χ2v) is 5.32. The van der Waals surface area contributed by atoms with Crippen LogP contribution in [0.15, 0.2) is 0 Å². The van der Waals surface area contributed by atoms with Gasteiger partial charge in [-0.05, 0) is 6.42 Å². The molecule has 0 saturated carbocycles. The first-order valence-electron chi connectivity index (χ1n) is 8.55. The van der Waals surface area contributed by atoms with Gasteiger partial charge >= 0.3 is 5.97 Å². The highest BCUT2D eigenvalue weighted by Crippen LogP contribution is 2.07. The van der Waals surface area contributed by atoms with E-state index in [0.717, 1.165) is 26.7 Å². The van der Waals surface area contributed by atoms with Crippen molar-refractivity contribution in [2.24, 2.45) is 0 Å². The van der Waals surface area contributed by atoms with Crippen LogP contribution in [0.1, 0.15) is 72.1 Å². The lowest BCUT2D eigenvalue weighted by Crippen LogP contribution is -2.15. The molecule has 0 unspecified atom stereocenters. The molecule has 0 radical (unpaired) electrons. The normalized spacial score (nSPS) is 8.88. The van der Waals surface area contributed by atoms with Gasteiger partial charge in [-0.2, -0.15) is 0 Å². The summed E-state index contributed by atoms with van der Waals surface area (Å²) in [6.07, 6.45) is 7.69. The fraction of sp³-hybridized carbons (Fsp3) is 0.824. The van der Waals surface area contributed by atoms with Crippen molar-refractivity contribution in [2.75, 3.05) is 13.2 Å². The number of unbranched alkanes of at least 4 members (excludes halogenated alkanes) is 6. The zero-order chi connectivity index (χ0) is 21.4. The van der Waals surface area contributed by atoms with Gasteiger partial charge < -0.3 is 30.6 Å². The van der Waals surface area contributed by atoms with Gasteiger partial charge in [0.1, 0.15) is 6.10 Å². The topological polar surface area (TPSA) is 173 Å². The molecule has 0 fully saturated rings. The lowest BCUT2D eigenvalue weighted by Gasteiger charge is -1.98. The summed E-state index contributed by atoms with van der Waals surface area (Å²) in [4.78, 5) is 28.1. The number of carboxylic acid groups (broad SMARTS) is 3. The van der Waals surface area contributed by atoms with Crippen LogP contribution in [0.25, 0.3) is 0 Å². The largest absolute Gasteiger partial charge is 0.481 e. The van der Waals surface area contributed by atoms with Gasteiger partial charge in [0, 0.05) is 20.3 Å². The van der Waals surface area contributed by atoms with Gasteiger partial charge in [-0.15, -0.1) is 0 Å². The Balaban J connectivity index is -0.000000144. The number of aliphatic hydroxyl groups is 3. The van der Waals surface area contributed by atoms with Gasteiger partial charge in [-0.1, -0.05) is 45.4 Å². The van der Waals surface area contributed by atoms with Gasteiger partial charge in [0.15, 0.2) is 0 Å². The smallest absolute Gasteiger partial charge is 0.303 e. The molecule has 0 bridgehead atoms. The van der Waals surface area contributed by atoms with Crippen LogP contribution in [-0.4, -0.2) is 67.9 Å². The lowest BCUT2D eigenvalue weighted by atomic mass is 10.1. The molecule has 0 aliphatic heterocycles. The number of hydrogen-bond acceptors (Lipinski definition) is 6. The lowest BCUT2D eigenvalue weighted by molar-refractivity contribution is -0.137. The van der Waals surface area contributed by atoms with Crippen molar-refractivity contribution in [3.8, 4) is 0 Å². The van der Waals surface area contributed by atoms with E-state index >= 15 is 0 Å². The monoisotopic (exact) mass is 384 g/mol. The molecule has 0 amide bonds. The highest BCUT2D eigenvalue weighted by molar-refractivity contribution is 5.66. The molecule has 26 heavy (non-hydrogen) atoms. The Hall–Kier alpha value is -1.71. The Labute approximate surface area is 155 Å². The van der Waals surface area contributed by atoms with Gasteiger partial charge in [0.05, 0.1) is 13.2 Å². The molecular weight excluding hydrogens is 348 g/mol. The molecule has 0 aliphatic carbocycles. The predicted molar refractivity (Wildman–Crippen MR) is 97.0 cm³/mol. The molecule has 9 heteroatoms. The molecule has 0 saturated heterocycles. The van der Waals surface area contributed by atoms with Gasteiger partial charge in [0.25, 0.3) is 11.9 Å². The summed E-state index contributed by atoms with van der Waals surface area (Å²) >= 11 is 0. The molecule has 0 aromatic carbocycles. The molecule has 0 atom stereocenters. The maximum atomic E-state index is 10.1. The molecule has 0 heterocycles. The second-order valence-electron chi connectivity index (χ2n) is 5.32. The fourth-order valence-electron chi connectivity index (χ4n) is 1.29. The number of hydrogen-bond donors (Lipinski definition) is 6. The summed E-state index contributed by atoms with van der Waals surface area (Å²) in [5.74, 6) is -2.33. The number of carbonyl (C=O) groups is 3. The number of carboxylic acids is 3. The average Bonchev–Trinajstić information content (AvgIpc) is 2.52. The van der Waals surface area contributed by atoms with E-state index in [9.17, 15) is 4.79 Å². The summed E-state index contributed by atoms with van der Waals surface area (Å²) in [6, 6.07) is 0. The minimum absolute atomic E-state index is 0.341. The molecule has 158 valence electrons. The van der Waals surface area contributed by atoms with Crippen LogP contribution in [-0.2, 0) is 14.4 Å². The minimum atomic E-state index is -0.954. The quantitative estimate of drug-likeness (QED) is 0.307. The first kappa shape index (κ1) is 32.0. The predicted octanol–water partition coefficient (Wildman–Crippen LogP) is 1.73. The van der Waals surface area contributed by atoms with E-state index in [1.807, 2.05) is 0 Å². The highest BCUT2D eigenvalue weighted by Gasteiger charge is 1.95. The van der Waals surface area contributed by atoms with Crippen molar-refractivity contribution in [2.45, 2.75) is 78.2 Å². The Bertz CT molecular complexity index is 295. The summed E-state index contributed by atoms with van der Waals surface area (Å²) < 4.78 is 0. The molecule has 0 spiro atoms. The zero-order valence-corrected chi connectivity index (χ0v) is 16.1. The van der Waals surface area contributed by atoms with E-state index in [-0.39, 0.29) is 13.2 Å². The van der Waals surface area contributed by atoms with Crippen LogP contribution in [0.5, 0.6) is 0 Å². The minimum Gasteiger partial charge on any atom is -0.481 e. The summed E-state index contributed by atoms with van der Waals surface area (Å²) in [5.41, 5.74) is 0. The van der Waals surface area contributed by atoms with E-state index < -0.39 is 24.0 Å². The third kappa shape index (κ3) is 79.3. The summed E-state index contributed by atoms with van der Waals surface area (Å²) in [7, 11) is 0. The third-order valence-electron chi connectivity index (χ3n) is 2.42. The molecule has 0 rings (SSSR count). The molecular formula is C17H36O9. The Morgan fingerprint density at radius 2 is 1.04 bits per heavy atom. The van der Waals surface area contributed by atoms with Crippen LogP contribution < -0.4 is 0 Å². The maximum absolute atomic E-state index is 10.1. The van der Waals surface area contributed by atoms with Crippen molar-refractivity contribution in [3.63, 3.8) is 0 Å². The zero-order valence-electron chi connectivity index (χ0n) is 16.1. The van der Waals surface area contributed by atoms with Crippen LogP contribution in [0.2, 0.25) is 0 Å². The van der Waals surface area contributed by atoms with E-state index in [1.54, 1.807) is 0 Å². The van der Waals surface area contributed by atoms with Crippen LogP contribution >= 0.6 is 0 Å². The van der Waals surface area contributed by atoms with E-state index in [2.05, 4.69) is 6.92 Å². The van der Waals surface area contributed by atoms with E-state index in [4.69, 9.17) is 40.2 Å². The van der Waals surface area contributed by atoms with Crippen molar-refractivity contribution in [1.82, 2.24) is 0 Å². The van der Waals surface area contributed by atoms with E-state index in [1.165, 1.54) is 32.1 Å². The first-order chi connectivity index (χ1) is 12.0. The van der Waals surface area contributed by atoms with E-state index in [0.29, 0.717) is 6.42 Å². The van der Waals surface area contributed by atoms with Crippen molar-refractivity contribution in [3.05, 3.63) is 0 Å². The Morgan fingerprint density at radius 1 is 0.731 bits per heavy atom. The van der Waals surface area contributed by atoms with Crippen LogP contribution in [0.3, 0.4) is 0 Å². The summed E-state index contributed by atoms with van der Waals surface area (Å²) in [6.45, 7) is 3.64. The van der Waals surface area contributed by atoms with Gasteiger partial charge in [-0.3, -0.25) is 14.4 Å².